The van der Waals surface area contributed by atoms with Crippen molar-refractivity contribution in [2.24, 2.45) is 0 Å². The van der Waals surface area contributed by atoms with Gasteiger partial charge in [-0.3, -0.25) is 9.69 Å². The Morgan fingerprint density at radius 2 is 1.68 bits per heavy atom. The Hall–Kier alpha value is -5.03. The van der Waals surface area contributed by atoms with Gasteiger partial charge in [-0.2, -0.15) is 0 Å². The zero-order valence-corrected chi connectivity index (χ0v) is 22.4. The van der Waals surface area contributed by atoms with Gasteiger partial charge in [-0.05, 0) is 86.7 Å². The molecule has 0 bridgehead atoms. The van der Waals surface area contributed by atoms with Gasteiger partial charge < -0.3 is 20.0 Å². The van der Waals surface area contributed by atoms with Crippen molar-refractivity contribution in [1.82, 2.24) is 25.2 Å². The van der Waals surface area contributed by atoms with E-state index in [1.807, 2.05) is 60.7 Å². The number of rotatable bonds is 4. The van der Waals surface area contributed by atoms with E-state index in [0.29, 0.717) is 24.0 Å². The second-order valence-electron chi connectivity index (χ2n) is 10.7. The van der Waals surface area contributed by atoms with Crippen LogP contribution >= 0.6 is 0 Å². The minimum atomic E-state index is -0.358. The molecule has 0 unspecified atom stereocenters. The lowest BCUT2D eigenvalue weighted by Gasteiger charge is -2.33. The molecular formula is C33H29N5O3. The summed E-state index contributed by atoms with van der Waals surface area (Å²) in [5, 5.41) is 3.97. The molecular weight excluding hydrogens is 514 g/mol. The third kappa shape index (κ3) is 5.39. The topological polar surface area (TPSA) is 103 Å². The van der Waals surface area contributed by atoms with Crippen LogP contribution in [0, 0.1) is 11.8 Å². The van der Waals surface area contributed by atoms with Crippen LogP contribution in [0.15, 0.2) is 72.8 Å². The van der Waals surface area contributed by atoms with E-state index in [2.05, 4.69) is 27.1 Å². The van der Waals surface area contributed by atoms with E-state index in [1.165, 1.54) is 0 Å². The summed E-state index contributed by atoms with van der Waals surface area (Å²) in [4.78, 5) is 38.6. The third-order valence-electron chi connectivity index (χ3n) is 7.63. The molecule has 1 aliphatic carbocycles. The third-order valence-corrected chi connectivity index (χ3v) is 7.63. The molecule has 8 heteroatoms. The first-order valence-corrected chi connectivity index (χ1v) is 14.1. The average molecular weight is 544 g/mol. The van der Waals surface area contributed by atoms with E-state index in [-0.39, 0.29) is 18.0 Å². The Kier molecular flexibility index (Phi) is 6.40. The normalized spacial score (nSPS) is 16.8. The van der Waals surface area contributed by atoms with Gasteiger partial charge in [0.05, 0.1) is 17.1 Å². The molecule has 0 radical (unpaired) electrons. The van der Waals surface area contributed by atoms with Crippen molar-refractivity contribution in [3.63, 3.8) is 0 Å². The van der Waals surface area contributed by atoms with Crippen LogP contribution in [0.3, 0.4) is 0 Å². The molecule has 0 spiro atoms. The average Bonchev–Trinajstić information content (AvgIpc) is 3.54. The second kappa shape index (κ2) is 10.5. The van der Waals surface area contributed by atoms with Crippen LogP contribution in [0.4, 0.5) is 4.79 Å². The first-order chi connectivity index (χ1) is 20.1. The molecule has 41 heavy (non-hydrogen) atoms. The Labute approximate surface area is 237 Å². The number of aromatic amines is 2. The summed E-state index contributed by atoms with van der Waals surface area (Å²) in [6, 6.07) is 23.0. The van der Waals surface area contributed by atoms with Gasteiger partial charge in [0, 0.05) is 34.6 Å². The number of likely N-dealkylation sites (tertiary alicyclic amines) is 1. The van der Waals surface area contributed by atoms with E-state index in [9.17, 15) is 9.59 Å². The molecule has 3 N–H and O–H groups in total. The number of piperidine rings is 1. The number of H-pyrrole nitrogens is 2. The molecule has 2 aromatic heterocycles. The molecule has 1 saturated carbocycles. The minimum Gasteiger partial charge on any atom is -0.410 e. The number of benzene rings is 3. The van der Waals surface area contributed by atoms with Crippen LogP contribution in [0.25, 0.3) is 21.9 Å². The summed E-state index contributed by atoms with van der Waals surface area (Å²) < 4.78 is 5.64. The molecule has 2 aliphatic rings. The quantitative estimate of drug-likeness (QED) is 0.240. The van der Waals surface area contributed by atoms with Crippen LogP contribution in [0.1, 0.15) is 65.6 Å². The summed E-state index contributed by atoms with van der Waals surface area (Å²) in [6.07, 6.45) is 4.53. The van der Waals surface area contributed by atoms with Crippen LogP contribution in [-0.4, -0.2) is 44.4 Å². The number of carbonyl (C=O) groups excluding carboxylic acids is 2. The molecule has 3 aromatic carbocycles. The summed E-state index contributed by atoms with van der Waals surface area (Å²) >= 11 is 0. The summed E-state index contributed by atoms with van der Waals surface area (Å²) in [6.45, 7) is 0.627. The lowest BCUT2D eigenvalue weighted by atomic mass is 10.0. The van der Waals surface area contributed by atoms with Crippen LogP contribution in [0.5, 0.6) is 5.75 Å². The fraction of sp³-hybridized carbons (Fsp3) is 0.242. The van der Waals surface area contributed by atoms with E-state index >= 15 is 0 Å². The largest absolute Gasteiger partial charge is 0.415 e. The highest BCUT2D eigenvalue weighted by molar-refractivity contribution is 5.98. The minimum absolute atomic E-state index is 0.0620. The molecule has 1 atom stereocenters. The number of hydrogen-bond acceptors (Lipinski definition) is 4. The molecule has 2 fully saturated rings. The fourth-order valence-corrected chi connectivity index (χ4v) is 5.32. The van der Waals surface area contributed by atoms with E-state index in [4.69, 9.17) is 9.72 Å². The number of carbonyl (C=O) groups is 2. The maximum atomic E-state index is 13.0. The number of nitrogens with zero attached hydrogens (tertiary/aromatic N) is 2. The van der Waals surface area contributed by atoms with Crippen LogP contribution in [0.2, 0.25) is 0 Å². The number of imidazole rings is 1. The molecule has 3 heterocycles. The summed E-state index contributed by atoms with van der Waals surface area (Å²) in [5.41, 5.74) is 4.91. The second-order valence-corrected chi connectivity index (χ2v) is 10.7. The fourth-order valence-electron chi connectivity index (χ4n) is 5.32. The first-order valence-electron chi connectivity index (χ1n) is 14.1. The van der Waals surface area contributed by atoms with E-state index in [0.717, 1.165) is 71.0 Å². The van der Waals surface area contributed by atoms with Gasteiger partial charge in [-0.25, -0.2) is 9.78 Å². The lowest BCUT2D eigenvalue weighted by molar-refractivity contribution is 0.0946. The monoisotopic (exact) mass is 543 g/mol. The number of ether oxygens (including phenoxy) is 1. The lowest BCUT2D eigenvalue weighted by Crippen LogP contribution is -2.40. The Balaban J connectivity index is 1.09. The Morgan fingerprint density at radius 1 is 0.878 bits per heavy atom. The highest BCUT2D eigenvalue weighted by Crippen LogP contribution is 2.31. The van der Waals surface area contributed by atoms with Gasteiger partial charge in [0.15, 0.2) is 0 Å². The van der Waals surface area contributed by atoms with Gasteiger partial charge in [0.1, 0.15) is 17.3 Å². The Bertz CT molecular complexity index is 1820. The number of hydrogen-bond donors (Lipinski definition) is 3. The van der Waals surface area contributed by atoms with Gasteiger partial charge >= 0.3 is 6.09 Å². The molecule has 7 rings (SSSR count). The maximum absolute atomic E-state index is 13.0. The molecule has 2 amide bonds. The first kappa shape index (κ1) is 25.0. The zero-order chi connectivity index (χ0) is 27.8. The van der Waals surface area contributed by atoms with Gasteiger partial charge in [-0.15, -0.1) is 0 Å². The van der Waals surface area contributed by atoms with Crippen molar-refractivity contribution < 1.29 is 14.3 Å². The maximum Gasteiger partial charge on any atom is 0.415 e. The molecule has 1 saturated heterocycles. The van der Waals surface area contributed by atoms with Crippen molar-refractivity contribution in [3.05, 3.63) is 95.4 Å². The highest BCUT2D eigenvalue weighted by Gasteiger charge is 2.31. The number of aromatic nitrogens is 3. The van der Waals surface area contributed by atoms with Crippen LogP contribution < -0.4 is 10.1 Å². The highest BCUT2D eigenvalue weighted by atomic mass is 16.6. The van der Waals surface area contributed by atoms with Crippen molar-refractivity contribution in [2.75, 3.05) is 6.54 Å². The number of nitrogens with one attached hydrogen (secondary N) is 3. The number of amides is 2. The molecule has 5 aromatic rings. The van der Waals surface area contributed by atoms with Crippen LogP contribution in [-0.2, 0) is 0 Å². The van der Waals surface area contributed by atoms with Crippen molar-refractivity contribution in [3.8, 4) is 17.6 Å². The van der Waals surface area contributed by atoms with E-state index in [1.54, 1.807) is 17.0 Å². The molecule has 204 valence electrons. The van der Waals surface area contributed by atoms with Gasteiger partial charge in [-0.1, -0.05) is 30.0 Å². The number of para-hydroxylation sites is 1. The van der Waals surface area contributed by atoms with Crippen molar-refractivity contribution in [2.45, 2.75) is 44.2 Å². The van der Waals surface area contributed by atoms with Crippen molar-refractivity contribution >= 4 is 33.9 Å². The summed E-state index contributed by atoms with van der Waals surface area (Å²) in [5.74, 6) is 7.73. The standard InChI is InChI=1S/C33H29N5O3/c39-32(34-24-13-14-24)29-20-23-18-21(11-15-26(23)35-29)9-10-22-12-16-27-28(19-22)37-31(36-27)30-8-4-5-17-38(30)33(40)41-25-6-2-1-3-7-25/h1-3,6-7,11-12,15-16,18-20,24,30,35H,4-5,8,13-14,17H2,(H,34,39)(H,36,37)/t30-/m0/s1. The number of fused-ring (bicyclic) bond motifs is 2. The molecule has 8 nitrogen and oxygen atoms in total. The van der Waals surface area contributed by atoms with Gasteiger partial charge in [0.25, 0.3) is 5.91 Å². The summed E-state index contributed by atoms with van der Waals surface area (Å²) in [7, 11) is 0. The molecule has 1 aliphatic heterocycles. The predicted molar refractivity (Wildman–Crippen MR) is 157 cm³/mol. The predicted octanol–water partition coefficient (Wildman–Crippen LogP) is 6.06. The smallest absolute Gasteiger partial charge is 0.410 e. The van der Waals surface area contributed by atoms with Gasteiger partial charge in [0.2, 0.25) is 0 Å². The van der Waals surface area contributed by atoms with Crippen molar-refractivity contribution in [1.29, 1.82) is 0 Å². The SMILES string of the molecule is O=C(NC1CC1)c1cc2cc(C#Cc3ccc4nc([C@@H]5CCCCN5C(=O)Oc5ccccc5)[nH]c4c3)ccc2[nH]1. The Morgan fingerprint density at radius 3 is 2.51 bits per heavy atom. The zero-order valence-electron chi connectivity index (χ0n) is 22.4. The van der Waals surface area contributed by atoms with E-state index < -0.39 is 0 Å².